The molecule has 1 N–H and O–H groups in total. The van der Waals surface area contributed by atoms with Crippen molar-refractivity contribution in [1.82, 2.24) is 5.32 Å². The maximum atomic E-state index is 13.3. The molecule has 1 amide bonds. The first-order valence-electron chi connectivity index (χ1n) is 6.49. The highest BCUT2D eigenvalue weighted by Crippen LogP contribution is 2.08. The van der Waals surface area contributed by atoms with E-state index in [2.05, 4.69) is 5.32 Å². The van der Waals surface area contributed by atoms with Gasteiger partial charge in [-0.2, -0.15) is 0 Å². The van der Waals surface area contributed by atoms with Crippen molar-refractivity contribution < 1.29 is 18.7 Å². The van der Waals surface area contributed by atoms with Crippen LogP contribution in [-0.4, -0.2) is 25.0 Å². The molecule has 0 aromatic heterocycles. The van der Waals surface area contributed by atoms with Crippen LogP contribution in [0.2, 0.25) is 0 Å². The standard InChI is InChI=1S/C15H18FNO3/c1-2-3-10-17-14(18)11-20-15(19)9-8-12-6-4-5-7-13(12)16/h4-9H,2-3,10-11H2,1H3,(H,17,18). The molecule has 0 saturated carbocycles. The van der Waals surface area contributed by atoms with E-state index in [1.807, 2.05) is 6.92 Å². The summed E-state index contributed by atoms with van der Waals surface area (Å²) in [5, 5.41) is 2.62. The van der Waals surface area contributed by atoms with Crippen LogP contribution in [0.5, 0.6) is 0 Å². The number of nitrogens with one attached hydrogen (secondary N) is 1. The molecule has 5 heteroatoms. The Kier molecular flexibility index (Phi) is 7.03. The van der Waals surface area contributed by atoms with Crippen LogP contribution >= 0.6 is 0 Å². The van der Waals surface area contributed by atoms with Gasteiger partial charge >= 0.3 is 5.97 Å². The lowest BCUT2D eigenvalue weighted by atomic mass is 10.2. The van der Waals surface area contributed by atoms with Crippen LogP contribution in [0.1, 0.15) is 25.3 Å². The van der Waals surface area contributed by atoms with Gasteiger partial charge in [0.15, 0.2) is 6.61 Å². The molecule has 0 heterocycles. The molecule has 0 atom stereocenters. The first-order valence-corrected chi connectivity index (χ1v) is 6.49. The summed E-state index contributed by atoms with van der Waals surface area (Å²) in [6.07, 6.45) is 4.27. The minimum atomic E-state index is -0.682. The van der Waals surface area contributed by atoms with Crippen molar-refractivity contribution in [2.45, 2.75) is 19.8 Å². The van der Waals surface area contributed by atoms with Crippen molar-refractivity contribution in [3.8, 4) is 0 Å². The van der Waals surface area contributed by atoms with Crippen molar-refractivity contribution in [3.05, 3.63) is 41.7 Å². The zero-order chi connectivity index (χ0) is 14.8. The normalized spacial score (nSPS) is 10.5. The highest BCUT2D eigenvalue weighted by atomic mass is 19.1. The van der Waals surface area contributed by atoms with Gasteiger partial charge in [-0.25, -0.2) is 9.18 Å². The highest BCUT2D eigenvalue weighted by Gasteiger charge is 2.04. The first-order chi connectivity index (χ1) is 9.63. The molecule has 4 nitrogen and oxygen atoms in total. The lowest BCUT2D eigenvalue weighted by Crippen LogP contribution is -2.29. The van der Waals surface area contributed by atoms with E-state index in [4.69, 9.17) is 4.74 Å². The number of rotatable bonds is 7. The van der Waals surface area contributed by atoms with Crippen molar-refractivity contribution in [2.24, 2.45) is 0 Å². The van der Waals surface area contributed by atoms with Crippen molar-refractivity contribution in [1.29, 1.82) is 0 Å². The molecule has 20 heavy (non-hydrogen) atoms. The second-order valence-electron chi connectivity index (χ2n) is 4.17. The fourth-order valence-electron chi connectivity index (χ4n) is 1.41. The zero-order valence-electron chi connectivity index (χ0n) is 11.4. The van der Waals surface area contributed by atoms with Crippen LogP contribution in [0, 0.1) is 5.82 Å². The van der Waals surface area contributed by atoms with Gasteiger partial charge in [-0.15, -0.1) is 0 Å². The van der Waals surface area contributed by atoms with Gasteiger partial charge in [-0.05, 0) is 18.6 Å². The van der Waals surface area contributed by atoms with Crippen molar-refractivity contribution in [3.63, 3.8) is 0 Å². The van der Waals surface area contributed by atoms with Crippen molar-refractivity contribution >= 4 is 18.0 Å². The molecule has 0 fully saturated rings. The van der Waals surface area contributed by atoms with Crippen molar-refractivity contribution in [2.75, 3.05) is 13.2 Å². The topological polar surface area (TPSA) is 55.4 Å². The molecule has 0 saturated heterocycles. The third kappa shape index (κ3) is 6.13. The number of carbonyl (C=O) groups excluding carboxylic acids is 2. The molecular formula is C15H18FNO3. The van der Waals surface area contributed by atoms with E-state index < -0.39 is 11.8 Å². The fourth-order valence-corrected chi connectivity index (χ4v) is 1.41. The maximum Gasteiger partial charge on any atom is 0.331 e. The Balaban J connectivity index is 2.33. The van der Waals surface area contributed by atoms with E-state index in [-0.39, 0.29) is 18.1 Å². The average molecular weight is 279 g/mol. The summed E-state index contributed by atoms with van der Waals surface area (Å²) in [6.45, 7) is 2.25. The monoisotopic (exact) mass is 279 g/mol. The van der Waals surface area contributed by atoms with Crippen LogP contribution in [0.15, 0.2) is 30.3 Å². The third-order valence-corrected chi connectivity index (χ3v) is 2.50. The Morgan fingerprint density at radius 3 is 2.80 bits per heavy atom. The number of halogens is 1. The quantitative estimate of drug-likeness (QED) is 0.473. The summed E-state index contributed by atoms with van der Waals surface area (Å²) in [5.74, 6) is -1.45. The van der Waals surface area contributed by atoms with E-state index in [1.165, 1.54) is 18.2 Å². The van der Waals surface area contributed by atoms with Crippen LogP contribution < -0.4 is 5.32 Å². The SMILES string of the molecule is CCCCNC(=O)COC(=O)C=Cc1ccccc1F. The molecular weight excluding hydrogens is 261 g/mol. The Hall–Kier alpha value is -2.17. The third-order valence-electron chi connectivity index (χ3n) is 2.50. The Bertz CT molecular complexity index is 486. The molecule has 1 aromatic rings. The van der Waals surface area contributed by atoms with Gasteiger partial charge in [0.2, 0.25) is 0 Å². The zero-order valence-corrected chi connectivity index (χ0v) is 11.4. The summed E-state index contributed by atoms with van der Waals surface area (Å²) in [7, 11) is 0. The van der Waals surface area contributed by atoms with Crippen LogP contribution in [0.25, 0.3) is 6.08 Å². The minimum absolute atomic E-state index is 0.289. The Morgan fingerprint density at radius 2 is 2.10 bits per heavy atom. The van der Waals surface area contributed by atoms with Crippen LogP contribution in [0.3, 0.4) is 0 Å². The van der Waals surface area contributed by atoms with E-state index in [0.29, 0.717) is 6.54 Å². The smallest absolute Gasteiger partial charge is 0.331 e. The van der Waals surface area contributed by atoms with Gasteiger partial charge < -0.3 is 10.1 Å². The Labute approximate surface area is 117 Å². The molecule has 0 aliphatic carbocycles. The van der Waals surface area contributed by atoms with E-state index in [1.54, 1.807) is 12.1 Å². The van der Waals surface area contributed by atoms with Gasteiger partial charge in [0.05, 0.1) is 0 Å². The minimum Gasteiger partial charge on any atom is -0.452 e. The van der Waals surface area contributed by atoms with Gasteiger partial charge in [0.25, 0.3) is 5.91 Å². The lowest BCUT2D eigenvalue weighted by molar-refractivity contribution is -0.143. The number of hydrogen-bond donors (Lipinski definition) is 1. The molecule has 1 rings (SSSR count). The molecule has 0 radical (unpaired) electrons. The predicted octanol–water partition coefficient (Wildman–Crippen LogP) is 2.30. The summed E-state index contributed by atoms with van der Waals surface area (Å²) in [6, 6.07) is 6.06. The number of unbranched alkanes of at least 4 members (excludes halogenated alkanes) is 1. The van der Waals surface area contributed by atoms with Gasteiger partial charge in [-0.1, -0.05) is 31.5 Å². The summed E-state index contributed by atoms with van der Waals surface area (Å²) < 4.78 is 18.0. The fraction of sp³-hybridized carbons (Fsp3) is 0.333. The van der Waals surface area contributed by atoms with E-state index in [0.717, 1.165) is 18.9 Å². The first kappa shape index (κ1) is 15.9. The second-order valence-corrected chi connectivity index (χ2v) is 4.17. The van der Waals surface area contributed by atoms with E-state index in [9.17, 15) is 14.0 Å². The molecule has 0 bridgehead atoms. The van der Waals surface area contributed by atoms with Gasteiger partial charge in [-0.3, -0.25) is 4.79 Å². The number of amides is 1. The van der Waals surface area contributed by atoms with Gasteiger partial charge in [0.1, 0.15) is 5.82 Å². The average Bonchev–Trinajstić information content (AvgIpc) is 2.44. The summed E-state index contributed by atoms with van der Waals surface area (Å²) in [4.78, 5) is 22.6. The second kappa shape index (κ2) is 8.85. The molecule has 1 aromatic carbocycles. The van der Waals surface area contributed by atoms with Crippen LogP contribution in [0.4, 0.5) is 4.39 Å². The lowest BCUT2D eigenvalue weighted by Gasteiger charge is -2.04. The highest BCUT2D eigenvalue weighted by molar-refractivity contribution is 5.89. The largest absolute Gasteiger partial charge is 0.452 e. The molecule has 0 unspecified atom stereocenters. The maximum absolute atomic E-state index is 13.3. The number of benzene rings is 1. The number of hydrogen-bond acceptors (Lipinski definition) is 3. The number of carbonyl (C=O) groups is 2. The molecule has 0 aliphatic heterocycles. The predicted molar refractivity (Wildman–Crippen MR) is 74.3 cm³/mol. The molecule has 108 valence electrons. The van der Waals surface area contributed by atoms with Gasteiger partial charge in [0, 0.05) is 18.2 Å². The molecule has 0 spiro atoms. The number of ether oxygens (including phenoxy) is 1. The number of esters is 1. The summed E-state index contributed by atoms with van der Waals surface area (Å²) >= 11 is 0. The Morgan fingerprint density at radius 1 is 1.35 bits per heavy atom. The molecule has 0 aliphatic rings. The summed E-state index contributed by atoms with van der Waals surface area (Å²) in [5.41, 5.74) is 0.289. The van der Waals surface area contributed by atoms with Crippen LogP contribution in [-0.2, 0) is 14.3 Å². The van der Waals surface area contributed by atoms with E-state index >= 15 is 0 Å².